The summed E-state index contributed by atoms with van der Waals surface area (Å²) in [5.74, 6) is 0.718. The van der Waals surface area contributed by atoms with Crippen LogP contribution < -0.4 is 5.32 Å². The molecule has 0 aromatic carbocycles. The molecule has 18 heavy (non-hydrogen) atoms. The van der Waals surface area contributed by atoms with Gasteiger partial charge < -0.3 is 5.32 Å². The lowest BCUT2D eigenvalue weighted by Gasteiger charge is -2.19. The molecule has 1 rings (SSSR count). The minimum absolute atomic E-state index is 0.111. The van der Waals surface area contributed by atoms with Gasteiger partial charge in [-0.2, -0.15) is 0 Å². The minimum atomic E-state index is -0.770. The summed E-state index contributed by atoms with van der Waals surface area (Å²) in [5, 5.41) is 3.47. The van der Waals surface area contributed by atoms with Gasteiger partial charge in [0.2, 0.25) is 0 Å². The summed E-state index contributed by atoms with van der Waals surface area (Å²) < 4.78 is 11.8. The Morgan fingerprint density at radius 1 is 1.39 bits per heavy atom. The lowest BCUT2D eigenvalue weighted by molar-refractivity contribution is 0.590. The van der Waals surface area contributed by atoms with E-state index < -0.39 is 10.8 Å². The molecule has 0 fully saturated rings. The molecule has 0 aliphatic carbocycles. The van der Waals surface area contributed by atoms with E-state index in [1.807, 2.05) is 32.1 Å². The third kappa shape index (κ3) is 4.48. The molecule has 1 aromatic heterocycles. The van der Waals surface area contributed by atoms with Gasteiger partial charge in [0, 0.05) is 43.6 Å². The third-order valence-corrected chi connectivity index (χ3v) is 5.89. The van der Waals surface area contributed by atoms with E-state index in [2.05, 4.69) is 32.2 Å². The largest absolute Gasteiger partial charge is 0.309 e. The predicted octanol–water partition coefficient (Wildman–Crippen LogP) is 3.56. The van der Waals surface area contributed by atoms with Crippen LogP contribution in [0, 0.1) is 13.8 Å². The molecule has 104 valence electrons. The summed E-state index contributed by atoms with van der Waals surface area (Å²) in [6, 6.07) is 2.59. The molecule has 2 nitrogen and oxygen atoms in total. The zero-order valence-electron chi connectivity index (χ0n) is 12.3. The second-order valence-electron chi connectivity index (χ2n) is 5.71. The topological polar surface area (TPSA) is 29.1 Å². The molecule has 4 heteroatoms. The quantitative estimate of drug-likeness (QED) is 0.897. The number of rotatable bonds is 5. The van der Waals surface area contributed by atoms with Crippen molar-refractivity contribution in [3.05, 3.63) is 21.4 Å². The first-order valence-electron chi connectivity index (χ1n) is 6.40. The first-order valence-corrected chi connectivity index (χ1v) is 8.54. The fraction of sp³-hybridized carbons (Fsp3) is 0.714. The molecule has 1 aromatic rings. The summed E-state index contributed by atoms with van der Waals surface area (Å²) in [5.41, 5.74) is 1.37. The maximum Gasteiger partial charge on any atom is 0.0375 e. The molecule has 2 atom stereocenters. The number of aryl methyl sites for hydroxylation is 2. The second kappa shape index (κ2) is 6.31. The maximum atomic E-state index is 11.9. The van der Waals surface area contributed by atoms with Gasteiger partial charge in [0.15, 0.2) is 0 Å². The molecule has 0 amide bonds. The highest BCUT2D eigenvalue weighted by atomic mass is 32.2. The maximum absolute atomic E-state index is 11.9. The summed E-state index contributed by atoms with van der Waals surface area (Å²) >= 11 is 1.84. The third-order valence-electron chi connectivity index (χ3n) is 2.97. The van der Waals surface area contributed by atoms with Crippen LogP contribution in [0.4, 0.5) is 0 Å². The van der Waals surface area contributed by atoms with Crippen LogP contribution in [0.2, 0.25) is 0 Å². The van der Waals surface area contributed by atoms with Crippen molar-refractivity contribution >= 4 is 22.1 Å². The van der Waals surface area contributed by atoms with E-state index in [1.54, 1.807) is 0 Å². The molecule has 0 bridgehead atoms. The summed E-state index contributed by atoms with van der Waals surface area (Å²) in [6.45, 7) is 13.4. The average molecular weight is 287 g/mol. The summed E-state index contributed by atoms with van der Waals surface area (Å²) in [6.07, 6.45) is 0. The van der Waals surface area contributed by atoms with Crippen LogP contribution in [-0.4, -0.2) is 21.3 Å². The van der Waals surface area contributed by atoms with Gasteiger partial charge in [-0.15, -0.1) is 11.3 Å². The van der Waals surface area contributed by atoms with Crippen LogP contribution in [0.5, 0.6) is 0 Å². The number of hydrogen-bond donors (Lipinski definition) is 1. The number of hydrogen-bond acceptors (Lipinski definition) is 3. The van der Waals surface area contributed by atoms with Crippen molar-refractivity contribution in [2.24, 2.45) is 0 Å². The Bertz CT molecular complexity index is 418. The smallest absolute Gasteiger partial charge is 0.0375 e. The van der Waals surface area contributed by atoms with E-state index >= 15 is 0 Å². The fourth-order valence-corrected chi connectivity index (χ4v) is 3.80. The molecule has 0 saturated carbocycles. The van der Waals surface area contributed by atoms with E-state index in [-0.39, 0.29) is 4.75 Å². The minimum Gasteiger partial charge on any atom is -0.309 e. The van der Waals surface area contributed by atoms with Gasteiger partial charge in [0.25, 0.3) is 0 Å². The molecular weight excluding hydrogens is 262 g/mol. The molecule has 1 N–H and O–H groups in total. The van der Waals surface area contributed by atoms with Crippen LogP contribution in [-0.2, 0) is 10.8 Å². The van der Waals surface area contributed by atoms with Gasteiger partial charge >= 0.3 is 0 Å². The highest BCUT2D eigenvalue weighted by molar-refractivity contribution is 7.86. The van der Waals surface area contributed by atoms with Crippen LogP contribution in [0.1, 0.15) is 49.1 Å². The molecule has 0 saturated heterocycles. The van der Waals surface area contributed by atoms with E-state index in [4.69, 9.17) is 0 Å². The standard InChI is InChI=1S/C14H25NOS2/c1-10-9-13(12(3)17-10)11(2)15-7-8-18(16)14(4,5)6/h9,11,15H,7-8H2,1-6H3/t11-,18+/m0/s1. The summed E-state index contributed by atoms with van der Waals surface area (Å²) in [4.78, 5) is 2.74. The van der Waals surface area contributed by atoms with E-state index in [1.165, 1.54) is 15.3 Å². The molecule has 0 aliphatic rings. The predicted molar refractivity (Wildman–Crippen MR) is 83.0 cm³/mol. The molecule has 0 aliphatic heterocycles. The van der Waals surface area contributed by atoms with Crippen molar-refractivity contribution in [2.45, 2.75) is 52.3 Å². The molecule has 0 spiro atoms. The van der Waals surface area contributed by atoms with Gasteiger partial charge in [0.05, 0.1) is 0 Å². The van der Waals surface area contributed by atoms with Crippen LogP contribution >= 0.6 is 11.3 Å². The lowest BCUT2D eigenvalue weighted by atomic mass is 10.1. The first kappa shape index (κ1) is 15.9. The SMILES string of the molecule is Cc1cc([C@H](C)NCC[S@@](=O)C(C)(C)C)c(C)s1. The second-order valence-corrected chi connectivity index (χ2v) is 9.49. The van der Waals surface area contributed by atoms with E-state index in [9.17, 15) is 4.21 Å². The Balaban J connectivity index is 2.45. The highest BCUT2D eigenvalue weighted by Crippen LogP contribution is 2.25. The van der Waals surface area contributed by atoms with Gasteiger partial charge in [-0.05, 0) is 53.2 Å². The van der Waals surface area contributed by atoms with Gasteiger partial charge in [-0.1, -0.05) is 0 Å². The van der Waals surface area contributed by atoms with Gasteiger partial charge in [-0.3, -0.25) is 4.21 Å². The summed E-state index contributed by atoms with van der Waals surface area (Å²) in [7, 11) is -0.770. The van der Waals surface area contributed by atoms with Crippen molar-refractivity contribution in [1.29, 1.82) is 0 Å². The van der Waals surface area contributed by atoms with Crippen molar-refractivity contribution in [3.8, 4) is 0 Å². The Morgan fingerprint density at radius 3 is 2.44 bits per heavy atom. The monoisotopic (exact) mass is 287 g/mol. The van der Waals surface area contributed by atoms with Crippen LogP contribution in [0.25, 0.3) is 0 Å². The van der Waals surface area contributed by atoms with Crippen molar-refractivity contribution in [1.82, 2.24) is 5.32 Å². The average Bonchev–Trinajstić information content (AvgIpc) is 2.56. The van der Waals surface area contributed by atoms with Crippen molar-refractivity contribution in [2.75, 3.05) is 12.3 Å². The normalized spacial score (nSPS) is 15.7. The zero-order chi connectivity index (χ0) is 13.9. The lowest BCUT2D eigenvalue weighted by Crippen LogP contribution is -2.30. The Kier molecular flexibility index (Phi) is 5.56. The van der Waals surface area contributed by atoms with Crippen LogP contribution in [0.3, 0.4) is 0 Å². The number of nitrogens with one attached hydrogen (secondary N) is 1. The van der Waals surface area contributed by atoms with Gasteiger partial charge in [-0.25, -0.2) is 0 Å². The van der Waals surface area contributed by atoms with Gasteiger partial charge in [0.1, 0.15) is 0 Å². The van der Waals surface area contributed by atoms with Crippen LogP contribution in [0.15, 0.2) is 6.07 Å². The molecular formula is C14H25NOS2. The van der Waals surface area contributed by atoms with Crippen molar-refractivity contribution in [3.63, 3.8) is 0 Å². The fourth-order valence-electron chi connectivity index (χ4n) is 1.86. The number of thiophene rings is 1. The Labute approximate surface area is 118 Å². The Hall–Kier alpha value is -0.190. The first-order chi connectivity index (χ1) is 8.21. The Morgan fingerprint density at radius 2 is 2.00 bits per heavy atom. The molecule has 1 heterocycles. The molecule has 0 radical (unpaired) electrons. The van der Waals surface area contributed by atoms with Crippen molar-refractivity contribution < 1.29 is 4.21 Å². The highest BCUT2D eigenvalue weighted by Gasteiger charge is 2.19. The molecule has 0 unspecified atom stereocenters. The van der Waals surface area contributed by atoms with E-state index in [0.29, 0.717) is 6.04 Å². The zero-order valence-corrected chi connectivity index (χ0v) is 13.9. The van der Waals surface area contributed by atoms with E-state index in [0.717, 1.165) is 12.3 Å².